The van der Waals surface area contributed by atoms with E-state index in [1.807, 2.05) is 45.0 Å². The van der Waals surface area contributed by atoms with Gasteiger partial charge < -0.3 is 15.0 Å². The second-order valence-electron chi connectivity index (χ2n) is 6.06. The highest BCUT2D eigenvalue weighted by Crippen LogP contribution is 2.19. The lowest BCUT2D eigenvalue weighted by Crippen LogP contribution is -2.43. The maximum Gasteiger partial charge on any atom is 0.325 e. The maximum atomic E-state index is 12.6. The molecular formula is C18H26N2O4. The Morgan fingerprint density at radius 1 is 1.17 bits per heavy atom. The molecule has 0 fully saturated rings. The predicted octanol–water partition coefficient (Wildman–Crippen LogP) is 1.97. The molecule has 1 rings (SSSR count). The summed E-state index contributed by atoms with van der Waals surface area (Å²) in [5.41, 5.74) is 1.95. The van der Waals surface area contributed by atoms with E-state index in [0.29, 0.717) is 0 Å². The number of carbonyl (C=O) groups is 3. The minimum absolute atomic E-state index is 0.0812. The van der Waals surface area contributed by atoms with Crippen LogP contribution >= 0.6 is 0 Å². The van der Waals surface area contributed by atoms with Crippen LogP contribution in [0, 0.1) is 6.92 Å². The molecule has 1 aromatic rings. The van der Waals surface area contributed by atoms with Gasteiger partial charge in [0.25, 0.3) is 0 Å². The summed E-state index contributed by atoms with van der Waals surface area (Å²) in [5, 5.41) is 2.81. The molecule has 1 N–H and O–H groups in total. The third-order valence-electron chi connectivity index (χ3n) is 3.71. The second kappa shape index (κ2) is 9.05. The summed E-state index contributed by atoms with van der Waals surface area (Å²) in [4.78, 5) is 37.1. The van der Waals surface area contributed by atoms with E-state index in [4.69, 9.17) is 0 Å². The first kappa shape index (κ1) is 19.7. The summed E-state index contributed by atoms with van der Waals surface area (Å²) in [5.74, 6) is -0.893. The van der Waals surface area contributed by atoms with E-state index in [1.165, 1.54) is 18.9 Å². The van der Waals surface area contributed by atoms with Crippen LogP contribution in [0.1, 0.15) is 44.4 Å². The van der Waals surface area contributed by atoms with E-state index in [-0.39, 0.29) is 30.8 Å². The molecule has 0 spiro atoms. The monoisotopic (exact) mass is 334 g/mol. The molecule has 0 saturated carbocycles. The molecule has 1 atom stereocenters. The number of amides is 2. The average molecular weight is 334 g/mol. The Labute approximate surface area is 143 Å². The molecule has 0 saturated heterocycles. The van der Waals surface area contributed by atoms with Crippen molar-refractivity contribution in [1.82, 2.24) is 10.2 Å². The van der Waals surface area contributed by atoms with Gasteiger partial charge in [0.15, 0.2) is 0 Å². The van der Waals surface area contributed by atoms with Gasteiger partial charge in [-0.25, -0.2) is 0 Å². The van der Waals surface area contributed by atoms with Gasteiger partial charge in [0, 0.05) is 13.0 Å². The van der Waals surface area contributed by atoms with Gasteiger partial charge in [-0.2, -0.15) is 0 Å². The van der Waals surface area contributed by atoms with Crippen molar-refractivity contribution in [2.24, 2.45) is 0 Å². The molecule has 24 heavy (non-hydrogen) atoms. The number of rotatable bonds is 7. The Balaban J connectivity index is 2.94. The van der Waals surface area contributed by atoms with Crippen molar-refractivity contribution in [2.75, 3.05) is 13.7 Å². The van der Waals surface area contributed by atoms with Crippen LogP contribution in [0.2, 0.25) is 0 Å². The van der Waals surface area contributed by atoms with Crippen molar-refractivity contribution in [2.45, 2.75) is 46.2 Å². The van der Waals surface area contributed by atoms with Gasteiger partial charge in [-0.3, -0.25) is 14.4 Å². The van der Waals surface area contributed by atoms with Gasteiger partial charge in [-0.05, 0) is 26.3 Å². The van der Waals surface area contributed by atoms with Crippen molar-refractivity contribution < 1.29 is 19.1 Å². The maximum absolute atomic E-state index is 12.6. The summed E-state index contributed by atoms with van der Waals surface area (Å²) in [6, 6.07) is 7.07. The molecule has 1 unspecified atom stereocenters. The Morgan fingerprint density at radius 2 is 1.75 bits per heavy atom. The number of ether oxygens (including phenoxy) is 1. The SMILES string of the molecule is COC(=O)CN(C(=O)CC(NC(C)=O)c1ccc(C)cc1)C(C)C. The number of nitrogens with zero attached hydrogens (tertiary/aromatic N) is 1. The van der Waals surface area contributed by atoms with E-state index in [9.17, 15) is 14.4 Å². The molecular weight excluding hydrogens is 308 g/mol. The molecule has 0 aliphatic carbocycles. The van der Waals surface area contributed by atoms with Crippen molar-refractivity contribution in [1.29, 1.82) is 0 Å². The summed E-state index contributed by atoms with van der Waals surface area (Å²) in [6.07, 6.45) is 0.0812. The summed E-state index contributed by atoms with van der Waals surface area (Å²) in [6.45, 7) is 6.95. The number of esters is 1. The molecule has 2 amide bonds. The van der Waals surface area contributed by atoms with Gasteiger partial charge in [-0.1, -0.05) is 29.8 Å². The van der Waals surface area contributed by atoms with Crippen LogP contribution in [0.5, 0.6) is 0 Å². The molecule has 0 aliphatic heterocycles. The summed E-state index contributed by atoms with van der Waals surface area (Å²) in [7, 11) is 1.29. The Morgan fingerprint density at radius 3 is 2.21 bits per heavy atom. The number of benzene rings is 1. The quantitative estimate of drug-likeness (QED) is 0.774. The molecule has 6 nitrogen and oxygen atoms in total. The fourth-order valence-electron chi connectivity index (χ4n) is 2.35. The largest absolute Gasteiger partial charge is 0.468 e. The van der Waals surface area contributed by atoms with E-state index >= 15 is 0 Å². The topological polar surface area (TPSA) is 75.7 Å². The molecule has 132 valence electrons. The zero-order valence-electron chi connectivity index (χ0n) is 15.0. The first-order chi connectivity index (χ1) is 11.2. The van der Waals surface area contributed by atoms with Crippen LogP contribution < -0.4 is 5.32 Å². The smallest absolute Gasteiger partial charge is 0.325 e. The predicted molar refractivity (Wildman–Crippen MR) is 91.2 cm³/mol. The van der Waals surface area contributed by atoms with Crippen molar-refractivity contribution in [3.8, 4) is 0 Å². The van der Waals surface area contributed by atoms with E-state index in [1.54, 1.807) is 0 Å². The molecule has 0 aromatic heterocycles. The first-order valence-corrected chi connectivity index (χ1v) is 7.94. The second-order valence-corrected chi connectivity index (χ2v) is 6.06. The zero-order valence-corrected chi connectivity index (χ0v) is 15.0. The van der Waals surface area contributed by atoms with Gasteiger partial charge in [0.1, 0.15) is 6.54 Å². The lowest BCUT2D eigenvalue weighted by Gasteiger charge is -2.28. The lowest BCUT2D eigenvalue weighted by molar-refractivity contribution is -0.148. The van der Waals surface area contributed by atoms with Crippen LogP contribution in [-0.4, -0.2) is 42.4 Å². The Bertz CT molecular complexity index is 581. The fourth-order valence-corrected chi connectivity index (χ4v) is 2.35. The lowest BCUT2D eigenvalue weighted by atomic mass is 10.0. The van der Waals surface area contributed by atoms with Crippen molar-refractivity contribution in [3.05, 3.63) is 35.4 Å². The van der Waals surface area contributed by atoms with Gasteiger partial charge in [0.05, 0.1) is 19.6 Å². The molecule has 1 aromatic carbocycles. The van der Waals surface area contributed by atoms with E-state index in [0.717, 1.165) is 11.1 Å². The highest BCUT2D eigenvalue weighted by atomic mass is 16.5. The number of hydrogen-bond donors (Lipinski definition) is 1. The van der Waals surface area contributed by atoms with Crippen molar-refractivity contribution >= 4 is 17.8 Å². The normalized spacial score (nSPS) is 11.8. The highest BCUT2D eigenvalue weighted by Gasteiger charge is 2.25. The fraction of sp³-hybridized carbons (Fsp3) is 0.500. The molecule has 0 bridgehead atoms. The van der Waals surface area contributed by atoms with Crippen LogP contribution in [0.15, 0.2) is 24.3 Å². The minimum Gasteiger partial charge on any atom is -0.468 e. The Kier molecular flexibility index (Phi) is 7.42. The third-order valence-corrected chi connectivity index (χ3v) is 3.71. The third kappa shape index (κ3) is 6.02. The number of hydrogen-bond acceptors (Lipinski definition) is 4. The standard InChI is InChI=1S/C18H26N2O4/c1-12(2)20(11-18(23)24-5)17(22)10-16(19-14(4)21)15-8-6-13(3)7-9-15/h6-9,12,16H,10-11H2,1-5H3,(H,19,21). The van der Waals surface area contributed by atoms with Crippen LogP contribution in [0.25, 0.3) is 0 Å². The molecule has 6 heteroatoms. The Hall–Kier alpha value is -2.37. The van der Waals surface area contributed by atoms with Crippen LogP contribution in [-0.2, 0) is 19.1 Å². The summed E-state index contributed by atoms with van der Waals surface area (Å²) < 4.78 is 4.65. The number of nitrogens with one attached hydrogen (secondary N) is 1. The van der Waals surface area contributed by atoms with Crippen LogP contribution in [0.4, 0.5) is 0 Å². The van der Waals surface area contributed by atoms with Gasteiger partial charge in [-0.15, -0.1) is 0 Å². The average Bonchev–Trinajstić information content (AvgIpc) is 2.51. The van der Waals surface area contributed by atoms with Crippen LogP contribution in [0.3, 0.4) is 0 Å². The zero-order chi connectivity index (χ0) is 18.3. The molecule has 0 heterocycles. The van der Waals surface area contributed by atoms with Crippen molar-refractivity contribution in [3.63, 3.8) is 0 Å². The molecule has 0 radical (unpaired) electrons. The van der Waals surface area contributed by atoms with E-state index < -0.39 is 12.0 Å². The molecule has 0 aliphatic rings. The van der Waals surface area contributed by atoms with Gasteiger partial charge in [0.2, 0.25) is 11.8 Å². The number of methoxy groups -OCH3 is 1. The highest BCUT2D eigenvalue weighted by molar-refractivity contribution is 5.83. The number of aryl methyl sites for hydroxylation is 1. The van der Waals surface area contributed by atoms with Gasteiger partial charge >= 0.3 is 5.97 Å². The first-order valence-electron chi connectivity index (χ1n) is 7.94. The van der Waals surface area contributed by atoms with E-state index in [2.05, 4.69) is 10.1 Å². The summed E-state index contributed by atoms with van der Waals surface area (Å²) >= 11 is 0. The minimum atomic E-state index is -0.469. The number of carbonyl (C=O) groups excluding carboxylic acids is 3.